The van der Waals surface area contributed by atoms with Crippen molar-refractivity contribution in [3.05, 3.63) is 76.3 Å². The van der Waals surface area contributed by atoms with Crippen molar-refractivity contribution in [2.75, 3.05) is 20.2 Å². The summed E-state index contributed by atoms with van der Waals surface area (Å²) in [4.78, 5) is 14.0. The van der Waals surface area contributed by atoms with Crippen molar-refractivity contribution < 1.29 is 14.6 Å². The van der Waals surface area contributed by atoms with Gasteiger partial charge >= 0.3 is 5.97 Å². The summed E-state index contributed by atoms with van der Waals surface area (Å²) in [5.74, 6) is -0.248. The lowest BCUT2D eigenvalue weighted by atomic mass is 9.90. The number of rotatable bonds is 5. The lowest BCUT2D eigenvalue weighted by Crippen LogP contribution is -2.41. The van der Waals surface area contributed by atoms with Crippen LogP contribution in [0.5, 0.6) is 5.75 Å². The quantitative estimate of drug-likeness (QED) is 0.554. The van der Waals surface area contributed by atoms with Crippen LogP contribution >= 0.6 is 15.9 Å². The van der Waals surface area contributed by atoms with Crippen LogP contribution in [0.1, 0.15) is 30.0 Å². The Bertz CT molecular complexity index is 1040. The molecular weight excluding hydrogens is 430 g/mol. The first kappa shape index (κ1) is 19.9. The number of carboxylic acid groups (broad SMARTS) is 1. The largest absolute Gasteiger partial charge is 0.496 e. The van der Waals surface area contributed by atoms with Crippen molar-refractivity contribution in [2.24, 2.45) is 5.92 Å². The second-order valence-corrected chi connectivity index (χ2v) is 8.48. The number of hydrogen-bond donors (Lipinski definition) is 1. The average Bonchev–Trinajstić information content (AvgIpc) is 2.74. The van der Waals surface area contributed by atoms with Crippen LogP contribution in [0.25, 0.3) is 10.8 Å². The molecule has 1 aliphatic heterocycles. The molecule has 2 unspecified atom stereocenters. The van der Waals surface area contributed by atoms with Crippen LogP contribution < -0.4 is 4.74 Å². The number of likely N-dealkylation sites (tertiary alicyclic amines) is 1. The summed E-state index contributed by atoms with van der Waals surface area (Å²) in [6.07, 6.45) is 1.60. The van der Waals surface area contributed by atoms with Gasteiger partial charge in [0, 0.05) is 16.6 Å². The zero-order chi connectivity index (χ0) is 20.4. The van der Waals surface area contributed by atoms with Crippen LogP contribution in [0.4, 0.5) is 0 Å². The SMILES string of the molecule is COc1ccc(Br)cc1C(c1ccc2ccccc2c1)N1CCCC(C(=O)O)C1. The van der Waals surface area contributed by atoms with E-state index in [-0.39, 0.29) is 12.0 Å². The Balaban J connectivity index is 1.84. The predicted molar refractivity (Wildman–Crippen MR) is 118 cm³/mol. The van der Waals surface area contributed by atoms with Gasteiger partial charge in [0.15, 0.2) is 0 Å². The molecule has 29 heavy (non-hydrogen) atoms. The van der Waals surface area contributed by atoms with Gasteiger partial charge < -0.3 is 9.84 Å². The van der Waals surface area contributed by atoms with Crippen LogP contribution in [-0.4, -0.2) is 36.2 Å². The molecule has 0 amide bonds. The van der Waals surface area contributed by atoms with Crippen LogP contribution in [0.2, 0.25) is 0 Å². The topological polar surface area (TPSA) is 49.8 Å². The number of nitrogens with zero attached hydrogens (tertiary/aromatic N) is 1. The van der Waals surface area contributed by atoms with Gasteiger partial charge in [-0.3, -0.25) is 9.69 Å². The first-order chi connectivity index (χ1) is 14.1. The minimum atomic E-state index is -0.715. The van der Waals surface area contributed by atoms with Gasteiger partial charge in [0.05, 0.1) is 19.1 Å². The molecule has 5 heteroatoms. The highest BCUT2D eigenvalue weighted by Gasteiger charge is 2.32. The van der Waals surface area contributed by atoms with E-state index in [1.165, 1.54) is 10.8 Å². The molecule has 0 aromatic heterocycles. The maximum absolute atomic E-state index is 11.7. The average molecular weight is 454 g/mol. The normalized spacial score (nSPS) is 18.5. The van der Waals surface area contributed by atoms with Crippen molar-refractivity contribution in [3.63, 3.8) is 0 Å². The van der Waals surface area contributed by atoms with Crippen LogP contribution in [0.15, 0.2) is 65.1 Å². The number of hydrogen-bond acceptors (Lipinski definition) is 3. The molecule has 1 saturated heterocycles. The highest BCUT2D eigenvalue weighted by atomic mass is 79.9. The minimum absolute atomic E-state index is 0.0748. The zero-order valence-corrected chi connectivity index (χ0v) is 17.9. The lowest BCUT2D eigenvalue weighted by molar-refractivity contribution is -0.143. The van der Waals surface area contributed by atoms with Crippen molar-refractivity contribution in [1.29, 1.82) is 0 Å². The standard InChI is InChI=1S/C24H24BrNO3/c1-29-22-11-10-20(25)14-21(22)23(26-12-4-7-19(15-26)24(27)28)18-9-8-16-5-2-3-6-17(16)13-18/h2-3,5-6,8-11,13-14,19,23H,4,7,12,15H2,1H3,(H,27,28). The number of methoxy groups -OCH3 is 1. The molecule has 0 radical (unpaired) electrons. The van der Waals surface area contributed by atoms with Gasteiger partial charge in [0.2, 0.25) is 0 Å². The maximum atomic E-state index is 11.7. The summed E-state index contributed by atoms with van der Waals surface area (Å²) in [6.45, 7) is 1.39. The molecule has 0 aliphatic carbocycles. The van der Waals surface area contributed by atoms with E-state index in [1.54, 1.807) is 7.11 Å². The van der Waals surface area contributed by atoms with E-state index < -0.39 is 5.97 Å². The fraction of sp³-hybridized carbons (Fsp3) is 0.292. The fourth-order valence-corrected chi connectivity index (χ4v) is 4.71. The Kier molecular flexibility index (Phi) is 5.88. The molecule has 0 bridgehead atoms. The van der Waals surface area contributed by atoms with E-state index in [0.717, 1.165) is 40.7 Å². The van der Waals surface area contributed by atoms with Gasteiger partial charge in [0.25, 0.3) is 0 Å². The number of carbonyl (C=O) groups is 1. The molecule has 1 aliphatic rings. The fourth-order valence-electron chi connectivity index (χ4n) is 4.33. The summed E-state index contributed by atoms with van der Waals surface area (Å²) in [5, 5.41) is 12.0. The summed E-state index contributed by atoms with van der Waals surface area (Å²) in [5.41, 5.74) is 2.19. The smallest absolute Gasteiger partial charge is 0.307 e. The van der Waals surface area contributed by atoms with Gasteiger partial charge in [-0.25, -0.2) is 0 Å². The van der Waals surface area contributed by atoms with Crippen LogP contribution in [-0.2, 0) is 4.79 Å². The molecule has 0 spiro atoms. The second kappa shape index (κ2) is 8.56. The first-order valence-corrected chi connectivity index (χ1v) is 10.6. The summed E-state index contributed by atoms with van der Waals surface area (Å²) < 4.78 is 6.67. The molecule has 150 valence electrons. The van der Waals surface area contributed by atoms with E-state index in [2.05, 4.69) is 57.2 Å². The molecule has 1 N–H and O–H groups in total. The molecule has 1 fully saturated rings. The van der Waals surface area contributed by atoms with Crippen molar-refractivity contribution in [3.8, 4) is 5.75 Å². The van der Waals surface area contributed by atoms with E-state index in [4.69, 9.17) is 4.74 Å². The molecule has 1 heterocycles. The Morgan fingerprint density at radius 2 is 1.93 bits per heavy atom. The Labute approximate surface area is 179 Å². The number of halogens is 1. The lowest BCUT2D eigenvalue weighted by Gasteiger charge is -2.38. The summed E-state index contributed by atoms with van der Waals surface area (Å²) in [7, 11) is 1.68. The highest BCUT2D eigenvalue weighted by Crippen LogP contribution is 2.39. The minimum Gasteiger partial charge on any atom is -0.496 e. The van der Waals surface area contributed by atoms with E-state index in [1.807, 2.05) is 24.3 Å². The van der Waals surface area contributed by atoms with Crippen LogP contribution in [0.3, 0.4) is 0 Å². The third-order valence-electron chi connectivity index (χ3n) is 5.74. The third kappa shape index (κ3) is 4.16. The predicted octanol–water partition coefficient (Wildman–Crippen LogP) is 5.50. The second-order valence-electron chi connectivity index (χ2n) is 7.57. The molecular formula is C24H24BrNO3. The number of fused-ring (bicyclic) bond motifs is 1. The number of ether oxygens (including phenoxy) is 1. The maximum Gasteiger partial charge on any atom is 0.307 e. The van der Waals surface area contributed by atoms with Crippen molar-refractivity contribution in [2.45, 2.75) is 18.9 Å². The van der Waals surface area contributed by atoms with Crippen molar-refractivity contribution in [1.82, 2.24) is 4.90 Å². The number of aliphatic carboxylic acids is 1. The molecule has 3 aromatic carbocycles. The molecule has 4 nitrogen and oxygen atoms in total. The van der Waals surface area contributed by atoms with Gasteiger partial charge in [0.1, 0.15) is 5.75 Å². The van der Waals surface area contributed by atoms with Gasteiger partial charge in [-0.2, -0.15) is 0 Å². The van der Waals surface area contributed by atoms with Crippen molar-refractivity contribution >= 4 is 32.7 Å². The molecule has 3 aromatic rings. The summed E-state index contributed by atoms with van der Waals surface area (Å²) in [6, 6.07) is 20.8. The number of piperidine rings is 1. The van der Waals surface area contributed by atoms with E-state index in [9.17, 15) is 9.90 Å². The Hall–Kier alpha value is -2.37. The van der Waals surface area contributed by atoms with Gasteiger partial charge in [-0.1, -0.05) is 52.3 Å². The first-order valence-electron chi connectivity index (χ1n) is 9.86. The Morgan fingerprint density at radius 3 is 2.69 bits per heavy atom. The third-order valence-corrected chi connectivity index (χ3v) is 6.24. The molecule has 4 rings (SSSR count). The number of benzene rings is 3. The van der Waals surface area contributed by atoms with Gasteiger partial charge in [-0.15, -0.1) is 0 Å². The molecule has 2 atom stereocenters. The monoisotopic (exact) mass is 453 g/mol. The van der Waals surface area contributed by atoms with E-state index >= 15 is 0 Å². The summed E-state index contributed by atoms with van der Waals surface area (Å²) >= 11 is 3.60. The van der Waals surface area contributed by atoms with Gasteiger partial charge in [-0.05, 0) is 60.0 Å². The zero-order valence-electron chi connectivity index (χ0n) is 16.3. The number of carboxylic acids is 1. The van der Waals surface area contributed by atoms with E-state index in [0.29, 0.717) is 6.54 Å². The highest BCUT2D eigenvalue weighted by molar-refractivity contribution is 9.10. The Morgan fingerprint density at radius 1 is 1.14 bits per heavy atom. The van der Waals surface area contributed by atoms with Crippen LogP contribution in [0, 0.1) is 5.92 Å². The molecule has 0 saturated carbocycles.